The Bertz CT molecular complexity index is 235. The highest BCUT2D eigenvalue weighted by Crippen LogP contribution is 2.35. The van der Waals surface area contributed by atoms with E-state index in [-0.39, 0.29) is 6.10 Å². The van der Waals surface area contributed by atoms with Crippen LogP contribution in [-0.2, 0) is 9.53 Å². The maximum Gasteiger partial charge on any atom is 0.334 e. The number of carbonyl (C=O) groups is 1. The molecule has 0 aromatic heterocycles. The molecule has 1 rings (SSSR count). The van der Waals surface area contributed by atoms with Crippen molar-refractivity contribution in [1.82, 2.24) is 0 Å². The van der Waals surface area contributed by atoms with Crippen molar-refractivity contribution in [2.75, 3.05) is 0 Å². The average molecular weight is 228 g/mol. The van der Waals surface area contributed by atoms with Gasteiger partial charge in [-0.25, -0.2) is 4.79 Å². The van der Waals surface area contributed by atoms with Gasteiger partial charge in [0.1, 0.15) is 12.2 Å². The van der Waals surface area contributed by atoms with Crippen molar-refractivity contribution in [2.45, 2.75) is 59.2 Å². The first-order valence-corrected chi connectivity index (χ1v) is 6.30. The average Bonchev–Trinajstić information content (AvgIpc) is 2.16. The SMILES string of the molecule is CC(C)[C@H]1CC[C@H](C)C[C@@H]1OC(=O)[C@H](C)O. The summed E-state index contributed by atoms with van der Waals surface area (Å²) >= 11 is 0. The molecule has 0 amide bonds. The lowest BCUT2D eigenvalue weighted by molar-refractivity contribution is -0.164. The summed E-state index contributed by atoms with van der Waals surface area (Å²) in [7, 11) is 0. The number of rotatable bonds is 3. The molecule has 0 unspecified atom stereocenters. The van der Waals surface area contributed by atoms with Gasteiger partial charge in [0.2, 0.25) is 0 Å². The summed E-state index contributed by atoms with van der Waals surface area (Å²) in [5, 5.41) is 9.17. The largest absolute Gasteiger partial charge is 0.460 e. The maximum absolute atomic E-state index is 11.4. The van der Waals surface area contributed by atoms with Gasteiger partial charge in [-0.1, -0.05) is 27.2 Å². The minimum absolute atomic E-state index is 0.00847. The molecule has 3 nitrogen and oxygen atoms in total. The highest BCUT2D eigenvalue weighted by Gasteiger charge is 2.33. The summed E-state index contributed by atoms with van der Waals surface area (Å²) in [6, 6.07) is 0. The Hall–Kier alpha value is -0.570. The number of ether oxygens (including phenoxy) is 1. The second kappa shape index (κ2) is 5.67. The van der Waals surface area contributed by atoms with Crippen molar-refractivity contribution in [1.29, 1.82) is 0 Å². The molecule has 0 saturated heterocycles. The van der Waals surface area contributed by atoms with Crippen LogP contribution in [-0.4, -0.2) is 23.3 Å². The van der Waals surface area contributed by atoms with Crippen molar-refractivity contribution in [3.63, 3.8) is 0 Å². The predicted octanol–water partition coefficient (Wildman–Crippen LogP) is 2.37. The van der Waals surface area contributed by atoms with Crippen molar-refractivity contribution < 1.29 is 14.6 Å². The van der Waals surface area contributed by atoms with Crippen molar-refractivity contribution in [3.05, 3.63) is 0 Å². The van der Waals surface area contributed by atoms with Crippen LogP contribution in [0, 0.1) is 17.8 Å². The van der Waals surface area contributed by atoms with Gasteiger partial charge in [-0.3, -0.25) is 0 Å². The summed E-state index contributed by atoms with van der Waals surface area (Å²) in [5.74, 6) is 1.10. The fraction of sp³-hybridized carbons (Fsp3) is 0.923. The molecule has 0 aliphatic heterocycles. The fourth-order valence-electron chi connectivity index (χ4n) is 2.50. The van der Waals surface area contributed by atoms with Crippen LogP contribution in [0.5, 0.6) is 0 Å². The molecule has 3 heteroatoms. The van der Waals surface area contributed by atoms with E-state index in [0.717, 1.165) is 12.8 Å². The number of hydrogen-bond donors (Lipinski definition) is 1. The molecule has 16 heavy (non-hydrogen) atoms. The molecule has 0 aromatic carbocycles. The summed E-state index contributed by atoms with van der Waals surface area (Å²) < 4.78 is 5.41. The molecule has 1 saturated carbocycles. The van der Waals surface area contributed by atoms with Gasteiger partial charge in [0, 0.05) is 0 Å². The molecule has 1 aliphatic carbocycles. The molecule has 0 heterocycles. The summed E-state index contributed by atoms with van der Waals surface area (Å²) in [5.41, 5.74) is 0. The Morgan fingerprint density at radius 1 is 1.31 bits per heavy atom. The molecule has 0 spiro atoms. The molecule has 0 radical (unpaired) electrons. The third kappa shape index (κ3) is 3.48. The number of aliphatic hydroxyl groups excluding tert-OH is 1. The van der Waals surface area contributed by atoms with Gasteiger partial charge in [-0.15, -0.1) is 0 Å². The quantitative estimate of drug-likeness (QED) is 0.754. The standard InChI is InChI=1S/C13H24O3/c1-8(2)11-6-5-9(3)7-12(11)16-13(15)10(4)14/h8-12,14H,5-7H2,1-4H3/t9-,10-,11+,12-/m0/s1. The Labute approximate surface area is 98.2 Å². The minimum atomic E-state index is -1.01. The van der Waals surface area contributed by atoms with Crippen LogP contribution in [0.3, 0.4) is 0 Å². The van der Waals surface area contributed by atoms with Crippen LogP contribution in [0.15, 0.2) is 0 Å². The molecule has 0 aromatic rings. The van der Waals surface area contributed by atoms with Crippen molar-refractivity contribution in [3.8, 4) is 0 Å². The normalized spacial score (nSPS) is 32.5. The first-order valence-electron chi connectivity index (χ1n) is 6.30. The molecular weight excluding hydrogens is 204 g/mol. The minimum Gasteiger partial charge on any atom is -0.460 e. The van der Waals surface area contributed by atoms with E-state index in [9.17, 15) is 4.79 Å². The van der Waals surface area contributed by atoms with Gasteiger partial charge < -0.3 is 9.84 Å². The monoisotopic (exact) mass is 228 g/mol. The lowest BCUT2D eigenvalue weighted by atomic mass is 9.75. The first kappa shape index (κ1) is 13.5. The molecule has 4 atom stereocenters. The Morgan fingerprint density at radius 2 is 1.94 bits per heavy atom. The molecule has 1 fully saturated rings. The number of carbonyl (C=O) groups excluding carboxylic acids is 1. The van der Waals surface area contributed by atoms with Crippen molar-refractivity contribution in [2.24, 2.45) is 17.8 Å². The highest BCUT2D eigenvalue weighted by atomic mass is 16.6. The van der Waals surface area contributed by atoms with Crippen LogP contribution >= 0.6 is 0 Å². The van der Waals surface area contributed by atoms with Gasteiger partial charge in [-0.05, 0) is 37.5 Å². The predicted molar refractivity (Wildman–Crippen MR) is 62.9 cm³/mol. The van der Waals surface area contributed by atoms with E-state index < -0.39 is 12.1 Å². The zero-order valence-electron chi connectivity index (χ0n) is 10.8. The van der Waals surface area contributed by atoms with Crippen LogP contribution in [0.4, 0.5) is 0 Å². The highest BCUT2D eigenvalue weighted by molar-refractivity contribution is 5.74. The van der Waals surface area contributed by atoms with Crippen LogP contribution in [0.2, 0.25) is 0 Å². The third-order valence-corrected chi connectivity index (χ3v) is 3.57. The number of aliphatic hydroxyl groups is 1. The van der Waals surface area contributed by atoms with Crippen LogP contribution < -0.4 is 0 Å². The summed E-state index contributed by atoms with van der Waals surface area (Å²) in [4.78, 5) is 11.4. The van der Waals surface area contributed by atoms with E-state index in [2.05, 4.69) is 20.8 Å². The molecule has 0 bridgehead atoms. The van der Waals surface area contributed by atoms with E-state index in [1.54, 1.807) is 0 Å². The lowest BCUT2D eigenvalue weighted by Gasteiger charge is -2.36. The Morgan fingerprint density at radius 3 is 2.44 bits per heavy atom. The van der Waals surface area contributed by atoms with Gasteiger partial charge in [0.25, 0.3) is 0 Å². The first-order chi connectivity index (χ1) is 7.41. The van der Waals surface area contributed by atoms with Gasteiger partial charge >= 0.3 is 5.97 Å². The molecule has 94 valence electrons. The second-order valence-corrected chi connectivity index (χ2v) is 5.48. The van der Waals surface area contributed by atoms with Gasteiger partial charge in [-0.2, -0.15) is 0 Å². The van der Waals surface area contributed by atoms with Crippen LogP contribution in [0.1, 0.15) is 47.0 Å². The third-order valence-electron chi connectivity index (χ3n) is 3.57. The maximum atomic E-state index is 11.4. The Kier molecular flexibility index (Phi) is 4.78. The molecule has 1 aliphatic rings. The molecular formula is C13H24O3. The fourth-order valence-corrected chi connectivity index (χ4v) is 2.50. The smallest absolute Gasteiger partial charge is 0.334 e. The number of hydrogen-bond acceptors (Lipinski definition) is 3. The zero-order valence-corrected chi connectivity index (χ0v) is 10.8. The summed E-state index contributed by atoms with van der Waals surface area (Å²) in [6.45, 7) is 7.99. The summed E-state index contributed by atoms with van der Waals surface area (Å²) in [6.07, 6.45) is 2.25. The van der Waals surface area contributed by atoms with Gasteiger partial charge in [0.05, 0.1) is 0 Å². The van der Waals surface area contributed by atoms with Crippen LogP contribution in [0.25, 0.3) is 0 Å². The second-order valence-electron chi connectivity index (χ2n) is 5.48. The van der Waals surface area contributed by atoms with E-state index in [4.69, 9.17) is 9.84 Å². The Balaban J connectivity index is 2.61. The molecule has 1 N–H and O–H groups in total. The van der Waals surface area contributed by atoms with E-state index in [0.29, 0.717) is 17.8 Å². The van der Waals surface area contributed by atoms with E-state index >= 15 is 0 Å². The van der Waals surface area contributed by atoms with E-state index in [1.807, 2.05) is 0 Å². The topological polar surface area (TPSA) is 46.5 Å². The lowest BCUT2D eigenvalue weighted by Crippen LogP contribution is -2.37. The van der Waals surface area contributed by atoms with Gasteiger partial charge in [0.15, 0.2) is 0 Å². The van der Waals surface area contributed by atoms with Crippen molar-refractivity contribution >= 4 is 5.97 Å². The van der Waals surface area contributed by atoms with E-state index in [1.165, 1.54) is 13.3 Å². The zero-order chi connectivity index (χ0) is 12.3. The number of esters is 1.